The molecule has 0 aromatic heterocycles. The summed E-state index contributed by atoms with van der Waals surface area (Å²) in [6.07, 6.45) is 0.145. The topological polar surface area (TPSA) is 112 Å². The first-order valence-electron chi connectivity index (χ1n) is 6.98. The summed E-state index contributed by atoms with van der Waals surface area (Å²) in [6, 6.07) is 17.1. The summed E-state index contributed by atoms with van der Waals surface area (Å²) >= 11 is 0. The van der Waals surface area contributed by atoms with E-state index in [1.54, 1.807) is 24.3 Å². The Morgan fingerprint density at radius 3 is 1.17 bits per heavy atom. The van der Waals surface area contributed by atoms with Crippen molar-refractivity contribution in [2.75, 3.05) is 0 Å². The van der Waals surface area contributed by atoms with Gasteiger partial charge >= 0.3 is 0 Å². The summed E-state index contributed by atoms with van der Waals surface area (Å²) in [4.78, 5) is 12.2. The second-order valence-corrected chi connectivity index (χ2v) is 5.18. The highest BCUT2D eigenvalue weighted by molar-refractivity contribution is 5.83. The van der Waals surface area contributed by atoms with E-state index in [1.807, 2.05) is 24.3 Å². The normalized spacial score (nSPS) is 9.17. The predicted octanol–water partition coefficient (Wildman–Crippen LogP) is 2.53. The molecule has 2 aromatic carbocycles. The fourth-order valence-electron chi connectivity index (χ4n) is 2.36. The SMILES string of the molecule is N#Cc1cc(C#N)cc(CC(=O)Cc2cc(C#N)cc(C#N)c2)c1. The van der Waals surface area contributed by atoms with Gasteiger partial charge in [-0.2, -0.15) is 21.0 Å². The molecule has 0 spiro atoms. The quantitative estimate of drug-likeness (QED) is 0.861. The van der Waals surface area contributed by atoms with Crippen LogP contribution in [0.2, 0.25) is 0 Å². The molecule has 0 radical (unpaired) electrons. The monoisotopic (exact) mass is 310 g/mol. The number of benzene rings is 2. The second-order valence-electron chi connectivity index (χ2n) is 5.18. The van der Waals surface area contributed by atoms with E-state index in [-0.39, 0.29) is 18.6 Å². The fraction of sp³-hybridized carbons (Fsp3) is 0.105. The van der Waals surface area contributed by atoms with E-state index in [0.717, 1.165) is 0 Å². The van der Waals surface area contributed by atoms with Crippen LogP contribution in [0.15, 0.2) is 36.4 Å². The number of nitrogens with zero attached hydrogens (tertiary/aromatic N) is 4. The van der Waals surface area contributed by atoms with Crippen LogP contribution >= 0.6 is 0 Å². The Hall–Kier alpha value is -3.93. The first kappa shape index (κ1) is 16.4. The second kappa shape index (κ2) is 7.37. The molecule has 0 saturated heterocycles. The fourth-order valence-corrected chi connectivity index (χ4v) is 2.36. The van der Waals surface area contributed by atoms with E-state index in [1.165, 1.54) is 12.1 Å². The van der Waals surface area contributed by atoms with Crippen molar-refractivity contribution >= 4 is 5.78 Å². The maximum Gasteiger partial charge on any atom is 0.141 e. The molecule has 0 unspecified atom stereocenters. The minimum Gasteiger partial charge on any atom is -0.299 e. The van der Waals surface area contributed by atoms with Gasteiger partial charge in [0.05, 0.1) is 46.5 Å². The standard InChI is InChI=1S/C19H10N4O/c20-9-15-1-13(2-16(5-15)10-21)7-19(24)8-14-3-17(11-22)6-18(4-14)12-23/h1-6H,7-8H2. The van der Waals surface area contributed by atoms with Crippen molar-refractivity contribution in [2.24, 2.45) is 0 Å². The number of hydrogen-bond acceptors (Lipinski definition) is 5. The average molecular weight is 310 g/mol. The molecular weight excluding hydrogens is 300 g/mol. The van der Waals surface area contributed by atoms with Gasteiger partial charge in [-0.1, -0.05) is 0 Å². The summed E-state index contributed by atoms with van der Waals surface area (Å²) in [7, 11) is 0. The zero-order chi connectivity index (χ0) is 17.5. The summed E-state index contributed by atoms with van der Waals surface area (Å²) < 4.78 is 0. The number of ketones is 1. The van der Waals surface area contributed by atoms with E-state index >= 15 is 0 Å². The third kappa shape index (κ3) is 4.05. The molecule has 2 rings (SSSR count). The summed E-state index contributed by atoms with van der Waals surface area (Å²) in [5.74, 6) is -0.132. The molecule has 0 saturated carbocycles. The van der Waals surface area contributed by atoms with Crippen molar-refractivity contribution in [3.05, 3.63) is 69.8 Å². The lowest BCUT2D eigenvalue weighted by Crippen LogP contribution is -2.07. The number of carbonyl (C=O) groups excluding carboxylic acids is 1. The first-order valence-corrected chi connectivity index (χ1v) is 6.98. The average Bonchev–Trinajstić information content (AvgIpc) is 2.60. The summed E-state index contributed by atoms with van der Waals surface area (Å²) in [5, 5.41) is 35.8. The Labute approximate surface area is 139 Å². The van der Waals surface area contributed by atoms with Crippen LogP contribution in [0.3, 0.4) is 0 Å². The molecule has 0 aliphatic rings. The molecule has 0 fully saturated rings. The molecule has 0 N–H and O–H groups in total. The lowest BCUT2D eigenvalue weighted by Gasteiger charge is -2.04. The Bertz CT molecular complexity index is 834. The molecule has 0 aliphatic heterocycles. The van der Waals surface area contributed by atoms with Crippen LogP contribution < -0.4 is 0 Å². The zero-order valence-corrected chi connectivity index (χ0v) is 12.6. The number of carbonyl (C=O) groups is 1. The van der Waals surface area contributed by atoms with Gasteiger partial charge in [0.15, 0.2) is 0 Å². The molecule has 24 heavy (non-hydrogen) atoms. The Kier molecular flexibility index (Phi) is 5.05. The Balaban J connectivity index is 2.21. The number of rotatable bonds is 4. The highest BCUT2D eigenvalue weighted by Gasteiger charge is 2.09. The number of Topliss-reactive ketones (excluding diaryl/α,β-unsaturated/α-hetero) is 1. The van der Waals surface area contributed by atoms with Gasteiger partial charge in [0.25, 0.3) is 0 Å². The van der Waals surface area contributed by atoms with Crippen molar-refractivity contribution < 1.29 is 4.79 Å². The van der Waals surface area contributed by atoms with Crippen LogP contribution in [0.25, 0.3) is 0 Å². The Morgan fingerprint density at radius 2 is 0.917 bits per heavy atom. The summed E-state index contributed by atoms with van der Waals surface area (Å²) in [5.41, 5.74) is 2.50. The molecule has 5 heteroatoms. The number of nitriles is 4. The van der Waals surface area contributed by atoms with Crippen LogP contribution in [0, 0.1) is 45.3 Å². The highest BCUT2D eigenvalue weighted by atomic mass is 16.1. The van der Waals surface area contributed by atoms with Gasteiger partial charge in [0.2, 0.25) is 0 Å². The summed E-state index contributed by atoms with van der Waals surface area (Å²) in [6.45, 7) is 0. The van der Waals surface area contributed by atoms with E-state index < -0.39 is 0 Å². The first-order chi connectivity index (χ1) is 11.6. The maximum atomic E-state index is 12.2. The van der Waals surface area contributed by atoms with Crippen LogP contribution in [0.1, 0.15) is 33.4 Å². The smallest absolute Gasteiger partial charge is 0.141 e. The van der Waals surface area contributed by atoms with Gasteiger partial charge in [-0.05, 0) is 47.5 Å². The minimum absolute atomic E-state index is 0.0723. The highest BCUT2D eigenvalue weighted by Crippen LogP contribution is 2.14. The minimum atomic E-state index is -0.132. The van der Waals surface area contributed by atoms with E-state index in [4.69, 9.17) is 21.0 Å². The van der Waals surface area contributed by atoms with Crippen LogP contribution in [-0.2, 0) is 17.6 Å². The van der Waals surface area contributed by atoms with Crippen LogP contribution in [0.4, 0.5) is 0 Å². The van der Waals surface area contributed by atoms with Gasteiger partial charge in [0, 0.05) is 12.8 Å². The van der Waals surface area contributed by atoms with Crippen LogP contribution in [0.5, 0.6) is 0 Å². The van der Waals surface area contributed by atoms with Crippen molar-refractivity contribution in [2.45, 2.75) is 12.8 Å². The van der Waals surface area contributed by atoms with Crippen molar-refractivity contribution in [3.8, 4) is 24.3 Å². The molecule has 0 bridgehead atoms. The number of hydrogen-bond donors (Lipinski definition) is 0. The van der Waals surface area contributed by atoms with E-state index in [9.17, 15) is 4.79 Å². The third-order valence-electron chi connectivity index (χ3n) is 3.30. The van der Waals surface area contributed by atoms with Crippen molar-refractivity contribution in [1.29, 1.82) is 21.0 Å². The molecule has 0 heterocycles. The molecule has 0 aliphatic carbocycles. The van der Waals surface area contributed by atoms with E-state index in [0.29, 0.717) is 33.4 Å². The van der Waals surface area contributed by atoms with Gasteiger partial charge in [-0.15, -0.1) is 0 Å². The molecule has 5 nitrogen and oxygen atoms in total. The largest absolute Gasteiger partial charge is 0.299 e. The third-order valence-corrected chi connectivity index (χ3v) is 3.30. The van der Waals surface area contributed by atoms with Crippen LogP contribution in [-0.4, -0.2) is 5.78 Å². The predicted molar refractivity (Wildman–Crippen MR) is 84.2 cm³/mol. The van der Waals surface area contributed by atoms with Crippen molar-refractivity contribution in [1.82, 2.24) is 0 Å². The lowest BCUT2D eigenvalue weighted by atomic mass is 9.98. The lowest BCUT2D eigenvalue weighted by molar-refractivity contribution is -0.117. The molecule has 112 valence electrons. The van der Waals surface area contributed by atoms with Gasteiger partial charge in [-0.25, -0.2) is 0 Å². The molecule has 2 aromatic rings. The van der Waals surface area contributed by atoms with Crippen molar-refractivity contribution in [3.63, 3.8) is 0 Å². The van der Waals surface area contributed by atoms with Gasteiger partial charge in [-0.3, -0.25) is 4.79 Å². The van der Waals surface area contributed by atoms with Gasteiger partial charge in [0.1, 0.15) is 5.78 Å². The molecule has 0 atom stereocenters. The maximum absolute atomic E-state index is 12.2. The van der Waals surface area contributed by atoms with E-state index in [2.05, 4.69) is 0 Å². The Morgan fingerprint density at radius 1 is 0.625 bits per heavy atom. The van der Waals surface area contributed by atoms with Gasteiger partial charge < -0.3 is 0 Å². The molecule has 0 amide bonds. The molecular formula is C19H10N4O. The zero-order valence-electron chi connectivity index (χ0n) is 12.6.